The van der Waals surface area contributed by atoms with Gasteiger partial charge in [0, 0.05) is 31.6 Å². The number of hydrogen-bond donors (Lipinski definition) is 0. The zero-order chi connectivity index (χ0) is 22.2. The molecule has 3 rings (SSSR count). The third kappa shape index (κ3) is 6.35. The topological polar surface area (TPSA) is 45.7 Å². The summed E-state index contributed by atoms with van der Waals surface area (Å²) in [6.45, 7) is 7.19. The van der Waals surface area contributed by atoms with Crippen LogP contribution in [0, 0.1) is 5.82 Å². The summed E-state index contributed by atoms with van der Waals surface area (Å²) in [4.78, 5) is 21.2. The number of benzene rings is 2. The van der Waals surface area contributed by atoms with Crippen LogP contribution in [-0.4, -0.2) is 40.9 Å². The molecule has 2 aromatic carbocycles. The number of rotatable bonds is 10. The summed E-state index contributed by atoms with van der Waals surface area (Å²) in [5.74, 6) is 0.533. The summed E-state index contributed by atoms with van der Waals surface area (Å²) in [5, 5.41) is 2.71. The zero-order valence-corrected chi connectivity index (χ0v) is 19.0. The van der Waals surface area contributed by atoms with Crippen LogP contribution in [-0.2, 0) is 19.6 Å². The van der Waals surface area contributed by atoms with Crippen molar-refractivity contribution in [3.63, 3.8) is 0 Å². The fourth-order valence-electron chi connectivity index (χ4n) is 3.35. The predicted octanol–water partition coefficient (Wildman–Crippen LogP) is 4.98. The molecule has 0 atom stereocenters. The fourth-order valence-corrected chi connectivity index (χ4v) is 4.16. The molecule has 1 aromatic heterocycles. The van der Waals surface area contributed by atoms with Crippen molar-refractivity contribution in [3.8, 4) is 5.75 Å². The van der Waals surface area contributed by atoms with Gasteiger partial charge in [-0.1, -0.05) is 24.3 Å². The van der Waals surface area contributed by atoms with Crippen LogP contribution in [0.3, 0.4) is 0 Å². The summed E-state index contributed by atoms with van der Waals surface area (Å²) >= 11 is 1.49. The number of carbonyl (C=O) groups excluding carboxylic acids is 1. The average Bonchev–Trinajstić information content (AvgIpc) is 3.25. The Kier molecular flexibility index (Phi) is 8.14. The van der Waals surface area contributed by atoms with Crippen LogP contribution in [0.25, 0.3) is 0 Å². The van der Waals surface area contributed by atoms with E-state index in [0.717, 1.165) is 21.9 Å². The Balaban J connectivity index is 1.77. The second-order valence-electron chi connectivity index (χ2n) is 7.22. The van der Waals surface area contributed by atoms with E-state index in [1.807, 2.05) is 43.5 Å². The Morgan fingerprint density at radius 3 is 2.10 bits per heavy atom. The molecule has 3 aromatic rings. The summed E-state index contributed by atoms with van der Waals surface area (Å²) in [6, 6.07) is 14.5. The van der Waals surface area contributed by atoms with Crippen molar-refractivity contribution in [2.45, 2.75) is 33.5 Å². The molecule has 0 N–H and O–H groups in total. The van der Waals surface area contributed by atoms with Crippen molar-refractivity contribution in [2.75, 3.05) is 20.2 Å². The third-order valence-corrected chi connectivity index (χ3v) is 5.90. The van der Waals surface area contributed by atoms with Gasteiger partial charge in [0.25, 0.3) is 5.91 Å². The number of thiazole rings is 1. The van der Waals surface area contributed by atoms with Crippen LogP contribution in [0.1, 0.15) is 40.5 Å². The Morgan fingerprint density at radius 2 is 1.55 bits per heavy atom. The summed E-state index contributed by atoms with van der Waals surface area (Å²) in [7, 11) is 1.65. The maximum Gasteiger partial charge on any atom is 0.273 e. The molecule has 7 heteroatoms. The normalized spacial score (nSPS) is 11.0. The van der Waals surface area contributed by atoms with E-state index in [-0.39, 0.29) is 11.7 Å². The van der Waals surface area contributed by atoms with E-state index in [9.17, 15) is 9.18 Å². The summed E-state index contributed by atoms with van der Waals surface area (Å²) in [6.07, 6.45) is 0. The first-order chi connectivity index (χ1) is 15.0. The molecule has 0 spiro atoms. The number of carbonyl (C=O) groups is 1. The van der Waals surface area contributed by atoms with Gasteiger partial charge in [-0.05, 0) is 49.2 Å². The largest absolute Gasteiger partial charge is 0.497 e. The standard InChI is InChI=1S/C24H28FN3O2S/c1-4-28(5-2)24(29)22-17-31-23(26-22)16-27(14-18-6-10-20(25)11-7-18)15-19-8-12-21(30-3)13-9-19/h6-13,17H,4-5,14-16H2,1-3H3. The van der Waals surface area contributed by atoms with Crippen LogP contribution in [0.4, 0.5) is 4.39 Å². The van der Waals surface area contributed by atoms with Gasteiger partial charge in [0.1, 0.15) is 22.3 Å². The molecule has 0 aliphatic rings. The highest BCUT2D eigenvalue weighted by Crippen LogP contribution is 2.20. The number of ether oxygens (including phenoxy) is 1. The molecule has 0 fully saturated rings. The van der Waals surface area contributed by atoms with Crippen LogP contribution < -0.4 is 4.74 Å². The molecule has 1 amide bonds. The molecule has 0 bridgehead atoms. The van der Waals surface area contributed by atoms with E-state index in [0.29, 0.717) is 38.4 Å². The maximum atomic E-state index is 13.3. The van der Waals surface area contributed by atoms with Crippen molar-refractivity contribution < 1.29 is 13.9 Å². The maximum absolute atomic E-state index is 13.3. The first kappa shape index (κ1) is 22.9. The van der Waals surface area contributed by atoms with Crippen LogP contribution in [0.15, 0.2) is 53.9 Å². The van der Waals surface area contributed by atoms with Gasteiger partial charge in [0.15, 0.2) is 0 Å². The molecule has 1 heterocycles. The summed E-state index contributed by atoms with van der Waals surface area (Å²) in [5.41, 5.74) is 2.65. The second kappa shape index (κ2) is 11.0. The van der Waals surface area contributed by atoms with Crippen molar-refractivity contribution in [1.82, 2.24) is 14.8 Å². The van der Waals surface area contributed by atoms with E-state index in [4.69, 9.17) is 4.74 Å². The lowest BCUT2D eigenvalue weighted by molar-refractivity contribution is 0.0767. The van der Waals surface area contributed by atoms with Crippen molar-refractivity contribution in [3.05, 3.63) is 81.6 Å². The fraction of sp³-hybridized carbons (Fsp3) is 0.333. The third-order valence-electron chi connectivity index (χ3n) is 5.07. The number of nitrogens with zero attached hydrogens (tertiary/aromatic N) is 3. The quantitative estimate of drug-likeness (QED) is 0.445. The Bertz CT molecular complexity index is 969. The molecular formula is C24H28FN3O2S. The van der Waals surface area contributed by atoms with E-state index in [1.165, 1.54) is 23.5 Å². The lowest BCUT2D eigenvalue weighted by Gasteiger charge is -2.22. The lowest BCUT2D eigenvalue weighted by atomic mass is 10.1. The SMILES string of the molecule is CCN(CC)C(=O)c1csc(CN(Cc2ccc(F)cc2)Cc2ccc(OC)cc2)n1. The Labute approximate surface area is 187 Å². The van der Waals surface area contributed by atoms with Gasteiger partial charge in [0.2, 0.25) is 0 Å². The van der Waals surface area contributed by atoms with Crippen LogP contribution in [0.5, 0.6) is 5.75 Å². The van der Waals surface area contributed by atoms with Gasteiger partial charge >= 0.3 is 0 Å². The highest BCUT2D eigenvalue weighted by atomic mass is 32.1. The van der Waals surface area contributed by atoms with Gasteiger partial charge < -0.3 is 9.64 Å². The molecule has 5 nitrogen and oxygen atoms in total. The van der Waals surface area contributed by atoms with Gasteiger partial charge in [0.05, 0.1) is 13.7 Å². The molecule has 0 unspecified atom stereocenters. The molecule has 0 radical (unpaired) electrons. The number of hydrogen-bond acceptors (Lipinski definition) is 5. The van der Waals surface area contributed by atoms with Crippen molar-refractivity contribution in [2.24, 2.45) is 0 Å². The minimum atomic E-state index is -0.245. The van der Waals surface area contributed by atoms with Gasteiger partial charge in [-0.15, -0.1) is 11.3 Å². The van der Waals surface area contributed by atoms with Gasteiger partial charge in [-0.3, -0.25) is 9.69 Å². The number of methoxy groups -OCH3 is 1. The Morgan fingerprint density at radius 1 is 0.968 bits per heavy atom. The van der Waals surface area contributed by atoms with Gasteiger partial charge in [-0.2, -0.15) is 0 Å². The smallest absolute Gasteiger partial charge is 0.273 e. The van der Waals surface area contributed by atoms with E-state index >= 15 is 0 Å². The number of amides is 1. The molecule has 164 valence electrons. The predicted molar refractivity (Wildman–Crippen MR) is 122 cm³/mol. The molecular weight excluding hydrogens is 413 g/mol. The average molecular weight is 442 g/mol. The first-order valence-electron chi connectivity index (χ1n) is 10.4. The number of aromatic nitrogens is 1. The molecule has 0 saturated carbocycles. The molecule has 0 aliphatic carbocycles. The highest BCUT2D eigenvalue weighted by molar-refractivity contribution is 7.09. The lowest BCUT2D eigenvalue weighted by Crippen LogP contribution is -2.30. The van der Waals surface area contributed by atoms with Crippen molar-refractivity contribution >= 4 is 17.2 Å². The molecule has 31 heavy (non-hydrogen) atoms. The van der Waals surface area contributed by atoms with E-state index < -0.39 is 0 Å². The van der Waals surface area contributed by atoms with Crippen LogP contribution in [0.2, 0.25) is 0 Å². The van der Waals surface area contributed by atoms with Crippen LogP contribution >= 0.6 is 11.3 Å². The minimum absolute atomic E-state index is 0.0345. The van der Waals surface area contributed by atoms with Gasteiger partial charge in [-0.25, -0.2) is 9.37 Å². The Hall–Kier alpha value is -2.77. The molecule has 0 aliphatic heterocycles. The van der Waals surface area contributed by atoms with E-state index in [1.54, 1.807) is 24.1 Å². The van der Waals surface area contributed by atoms with Crippen molar-refractivity contribution in [1.29, 1.82) is 0 Å². The first-order valence-corrected chi connectivity index (χ1v) is 11.2. The monoisotopic (exact) mass is 441 g/mol. The second-order valence-corrected chi connectivity index (χ2v) is 8.17. The molecule has 0 saturated heterocycles. The zero-order valence-electron chi connectivity index (χ0n) is 18.2. The summed E-state index contributed by atoms with van der Waals surface area (Å²) < 4.78 is 18.6. The van der Waals surface area contributed by atoms with E-state index in [2.05, 4.69) is 9.88 Å². The minimum Gasteiger partial charge on any atom is -0.497 e. The number of halogens is 1. The highest BCUT2D eigenvalue weighted by Gasteiger charge is 2.18.